The zero-order chi connectivity index (χ0) is 12.3. The van der Waals surface area contributed by atoms with E-state index in [1.807, 2.05) is 11.3 Å². The monoisotopic (exact) mass is 252 g/mol. The Morgan fingerprint density at radius 2 is 1.82 bits per heavy atom. The van der Waals surface area contributed by atoms with Crippen LogP contribution in [0.3, 0.4) is 0 Å². The molecule has 0 spiro atoms. The fourth-order valence-corrected chi connectivity index (χ4v) is 3.25. The van der Waals surface area contributed by atoms with E-state index in [1.54, 1.807) is 0 Å². The molecule has 0 saturated carbocycles. The van der Waals surface area contributed by atoms with Gasteiger partial charge in [-0.2, -0.15) is 0 Å². The SMILES string of the molecule is CC(C)(C)c1ncc(CN2CCCCCC2)s1. The molecule has 0 atom stereocenters. The molecule has 1 aliphatic rings. The van der Waals surface area contributed by atoms with Crippen LogP contribution in [0.4, 0.5) is 0 Å². The minimum Gasteiger partial charge on any atom is -0.298 e. The van der Waals surface area contributed by atoms with E-state index >= 15 is 0 Å². The largest absolute Gasteiger partial charge is 0.298 e. The van der Waals surface area contributed by atoms with Crippen LogP contribution >= 0.6 is 11.3 Å². The summed E-state index contributed by atoms with van der Waals surface area (Å²) in [6.07, 6.45) is 7.63. The normalized spacial score (nSPS) is 19.2. The molecule has 0 aliphatic carbocycles. The molecule has 2 nitrogen and oxygen atoms in total. The van der Waals surface area contributed by atoms with Gasteiger partial charge in [-0.15, -0.1) is 11.3 Å². The van der Waals surface area contributed by atoms with Crippen LogP contribution < -0.4 is 0 Å². The van der Waals surface area contributed by atoms with Gasteiger partial charge in [0.05, 0.1) is 5.01 Å². The smallest absolute Gasteiger partial charge is 0.0981 e. The first-order chi connectivity index (χ1) is 8.05. The summed E-state index contributed by atoms with van der Waals surface area (Å²) in [5.74, 6) is 0. The van der Waals surface area contributed by atoms with Crippen molar-refractivity contribution in [3.8, 4) is 0 Å². The van der Waals surface area contributed by atoms with Crippen molar-refractivity contribution in [1.29, 1.82) is 0 Å². The van der Waals surface area contributed by atoms with E-state index in [4.69, 9.17) is 0 Å². The van der Waals surface area contributed by atoms with Crippen LogP contribution in [0.1, 0.15) is 56.3 Å². The van der Waals surface area contributed by atoms with Crippen molar-refractivity contribution in [2.75, 3.05) is 13.1 Å². The quantitative estimate of drug-likeness (QED) is 0.795. The number of likely N-dealkylation sites (tertiary alicyclic amines) is 1. The van der Waals surface area contributed by atoms with Crippen LogP contribution in [0.15, 0.2) is 6.20 Å². The van der Waals surface area contributed by atoms with Crippen molar-refractivity contribution in [3.05, 3.63) is 16.1 Å². The Morgan fingerprint density at radius 1 is 1.18 bits per heavy atom. The van der Waals surface area contributed by atoms with Gasteiger partial charge >= 0.3 is 0 Å². The molecule has 0 aromatic carbocycles. The van der Waals surface area contributed by atoms with Gasteiger partial charge in [-0.05, 0) is 25.9 Å². The van der Waals surface area contributed by atoms with Crippen LogP contribution in [0.2, 0.25) is 0 Å². The molecule has 0 unspecified atom stereocenters. The van der Waals surface area contributed by atoms with Gasteiger partial charge < -0.3 is 0 Å². The molecule has 1 aliphatic heterocycles. The van der Waals surface area contributed by atoms with E-state index < -0.39 is 0 Å². The molecule has 1 aromatic heterocycles. The summed E-state index contributed by atoms with van der Waals surface area (Å²) in [6, 6.07) is 0. The first-order valence-corrected chi connectivity index (χ1v) is 7.55. The molecule has 2 heterocycles. The lowest BCUT2D eigenvalue weighted by atomic mass is 9.98. The average molecular weight is 252 g/mol. The van der Waals surface area contributed by atoms with Gasteiger partial charge in [-0.1, -0.05) is 33.6 Å². The molecular weight excluding hydrogens is 228 g/mol. The number of rotatable bonds is 2. The second-order valence-corrected chi connectivity index (χ2v) is 7.19. The Bertz CT molecular complexity index is 343. The van der Waals surface area contributed by atoms with Crippen molar-refractivity contribution >= 4 is 11.3 Å². The number of thiazole rings is 1. The summed E-state index contributed by atoms with van der Waals surface area (Å²) in [5.41, 5.74) is 0.196. The number of hydrogen-bond donors (Lipinski definition) is 0. The van der Waals surface area contributed by atoms with Crippen LogP contribution in [0.25, 0.3) is 0 Å². The summed E-state index contributed by atoms with van der Waals surface area (Å²) in [6.45, 7) is 10.4. The average Bonchev–Trinajstić information content (AvgIpc) is 2.56. The van der Waals surface area contributed by atoms with Crippen molar-refractivity contribution in [1.82, 2.24) is 9.88 Å². The predicted octanol–water partition coefficient (Wildman–Crippen LogP) is 3.82. The third kappa shape index (κ3) is 3.78. The minimum atomic E-state index is 0.196. The van der Waals surface area contributed by atoms with Crippen LogP contribution in [0.5, 0.6) is 0 Å². The second kappa shape index (κ2) is 5.49. The Kier molecular flexibility index (Phi) is 4.21. The number of hydrogen-bond acceptors (Lipinski definition) is 3. The molecular formula is C14H24N2S. The zero-order valence-corrected chi connectivity index (χ0v) is 12.1. The van der Waals surface area contributed by atoms with Gasteiger partial charge in [0.15, 0.2) is 0 Å². The topological polar surface area (TPSA) is 16.1 Å². The van der Waals surface area contributed by atoms with Crippen molar-refractivity contribution in [2.45, 2.75) is 58.4 Å². The maximum Gasteiger partial charge on any atom is 0.0981 e. The van der Waals surface area contributed by atoms with E-state index in [0.29, 0.717) is 0 Å². The highest BCUT2D eigenvalue weighted by Gasteiger charge is 2.19. The van der Waals surface area contributed by atoms with Crippen molar-refractivity contribution in [2.24, 2.45) is 0 Å². The van der Waals surface area contributed by atoms with Gasteiger partial charge in [-0.25, -0.2) is 4.98 Å². The van der Waals surface area contributed by atoms with E-state index in [1.165, 1.54) is 48.7 Å². The molecule has 0 bridgehead atoms. The highest BCUT2D eigenvalue weighted by Crippen LogP contribution is 2.27. The Labute approximate surface area is 109 Å². The van der Waals surface area contributed by atoms with Crippen LogP contribution in [-0.2, 0) is 12.0 Å². The fraction of sp³-hybridized carbons (Fsp3) is 0.786. The molecule has 0 radical (unpaired) electrons. The minimum absolute atomic E-state index is 0.196. The highest BCUT2D eigenvalue weighted by atomic mass is 32.1. The molecule has 1 aromatic rings. The predicted molar refractivity (Wildman–Crippen MR) is 74.6 cm³/mol. The molecule has 0 amide bonds. The Balaban J connectivity index is 1.96. The third-order valence-electron chi connectivity index (χ3n) is 3.27. The second-order valence-electron chi connectivity index (χ2n) is 6.07. The molecule has 17 heavy (non-hydrogen) atoms. The van der Waals surface area contributed by atoms with Crippen LogP contribution in [-0.4, -0.2) is 23.0 Å². The Hall–Kier alpha value is -0.410. The maximum absolute atomic E-state index is 4.57. The molecule has 1 saturated heterocycles. The van der Waals surface area contributed by atoms with E-state index in [2.05, 4.69) is 36.9 Å². The van der Waals surface area contributed by atoms with E-state index in [0.717, 1.165) is 6.54 Å². The molecule has 0 N–H and O–H groups in total. The van der Waals surface area contributed by atoms with Gasteiger partial charge in [0.2, 0.25) is 0 Å². The summed E-state index contributed by atoms with van der Waals surface area (Å²) in [7, 11) is 0. The summed E-state index contributed by atoms with van der Waals surface area (Å²) in [4.78, 5) is 8.59. The number of nitrogens with zero attached hydrogens (tertiary/aromatic N) is 2. The van der Waals surface area contributed by atoms with E-state index in [9.17, 15) is 0 Å². The first kappa shape index (κ1) is 13.0. The summed E-state index contributed by atoms with van der Waals surface area (Å²) < 4.78 is 0. The Morgan fingerprint density at radius 3 is 2.35 bits per heavy atom. The fourth-order valence-electron chi connectivity index (χ4n) is 2.24. The summed E-state index contributed by atoms with van der Waals surface area (Å²) >= 11 is 1.89. The molecule has 96 valence electrons. The lowest BCUT2D eigenvalue weighted by molar-refractivity contribution is 0.279. The first-order valence-electron chi connectivity index (χ1n) is 6.73. The van der Waals surface area contributed by atoms with E-state index in [-0.39, 0.29) is 5.41 Å². The van der Waals surface area contributed by atoms with Gasteiger partial charge in [-0.3, -0.25) is 4.90 Å². The highest BCUT2D eigenvalue weighted by molar-refractivity contribution is 7.11. The lowest BCUT2D eigenvalue weighted by Crippen LogP contribution is -2.23. The van der Waals surface area contributed by atoms with Crippen molar-refractivity contribution in [3.63, 3.8) is 0 Å². The van der Waals surface area contributed by atoms with Crippen LogP contribution in [0, 0.1) is 0 Å². The van der Waals surface area contributed by atoms with Gasteiger partial charge in [0.25, 0.3) is 0 Å². The zero-order valence-electron chi connectivity index (χ0n) is 11.3. The van der Waals surface area contributed by atoms with Gasteiger partial charge in [0.1, 0.15) is 0 Å². The number of aromatic nitrogens is 1. The lowest BCUT2D eigenvalue weighted by Gasteiger charge is -2.18. The molecule has 1 fully saturated rings. The maximum atomic E-state index is 4.57. The third-order valence-corrected chi connectivity index (χ3v) is 4.68. The van der Waals surface area contributed by atoms with Gasteiger partial charge in [0, 0.05) is 23.0 Å². The van der Waals surface area contributed by atoms with Crippen molar-refractivity contribution < 1.29 is 0 Å². The molecule has 3 heteroatoms. The molecule has 2 rings (SSSR count). The summed E-state index contributed by atoms with van der Waals surface area (Å²) in [5, 5.41) is 1.27. The standard InChI is InChI=1S/C14H24N2S/c1-14(2,3)13-15-10-12(17-13)11-16-8-6-4-5-7-9-16/h10H,4-9,11H2,1-3H3.